The monoisotopic (exact) mass is 366 g/mol. The van der Waals surface area contributed by atoms with E-state index in [9.17, 15) is 4.21 Å². The van der Waals surface area contributed by atoms with Gasteiger partial charge in [-0.2, -0.15) is 0 Å². The van der Waals surface area contributed by atoms with E-state index in [4.69, 9.17) is 14.0 Å². The van der Waals surface area contributed by atoms with Gasteiger partial charge in [0.25, 0.3) is 0 Å². The number of ether oxygens (including phenoxy) is 2. The summed E-state index contributed by atoms with van der Waals surface area (Å²) in [7, 11) is 3.19. The Morgan fingerprint density at radius 3 is 2.36 bits per heavy atom. The quantitative estimate of drug-likeness (QED) is 0.672. The Morgan fingerprint density at radius 2 is 1.72 bits per heavy atom. The second-order valence-electron chi connectivity index (χ2n) is 6.01. The van der Waals surface area contributed by atoms with E-state index >= 15 is 0 Å². The van der Waals surface area contributed by atoms with Crippen LogP contribution in [0.3, 0.4) is 0 Å². The molecule has 136 valence electrons. The van der Waals surface area contributed by atoms with Gasteiger partial charge in [0.15, 0.2) is 11.5 Å². The highest BCUT2D eigenvalue weighted by atomic mass is 32.2. The van der Waals surface area contributed by atoms with Crippen LogP contribution in [-0.4, -0.2) is 45.0 Å². The molecule has 0 bridgehead atoms. The molecule has 25 heavy (non-hydrogen) atoms. The average Bonchev–Trinajstić information content (AvgIpc) is 2.62. The maximum absolute atomic E-state index is 10.8. The molecule has 1 aliphatic rings. The van der Waals surface area contributed by atoms with Crippen molar-refractivity contribution >= 4 is 28.0 Å². The fraction of sp³-hybridized carbons (Fsp3) is 0.500. The Kier molecular flexibility index (Phi) is 5.67. The van der Waals surface area contributed by atoms with E-state index in [1.54, 1.807) is 14.2 Å². The van der Waals surface area contributed by atoms with Gasteiger partial charge < -0.3 is 14.8 Å². The summed E-state index contributed by atoms with van der Waals surface area (Å²) in [4.78, 5) is 8.68. The zero-order chi connectivity index (χ0) is 17.8. The molecule has 2 aromatic rings. The Hall–Kier alpha value is -1.97. The van der Waals surface area contributed by atoms with Crippen molar-refractivity contribution in [2.75, 3.05) is 19.5 Å². The van der Waals surface area contributed by atoms with E-state index in [0.29, 0.717) is 11.5 Å². The molecular weight excluding hydrogens is 344 g/mol. The van der Waals surface area contributed by atoms with Crippen LogP contribution in [0.25, 0.3) is 10.9 Å². The van der Waals surface area contributed by atoms with Crippen molar-refractivity contribution in [1.29, 1.82) is 0 Å². The summed E-state index contributed by atoms with van der Waals surface area (Å²) in [6.45, 7) is 0. The summed E-state index contributed by atoms with van der Waals surface area (Å²) < 4.78 is 33.1. The van der Waals surface area contributed by atoms with Crippen LogP contribution in [0.1, 0.15) is 25.7 Å². The third kappa shape index (κ3) is 4.17. The number of nitrogens with one attached hydrogen (secondary N) is 2. The number of aromatic nitrogens is 2. The molecule has 3 N–H and O–H groups in total. The van der Waals surface area contributed by atoms with Crippen molar-refractivity contribution in [3.63, 3.8) is 0 Å². The summed E-state index contributed by atoms with van der Waals surface area (Å²) in [5, 5.41) is 4.34. The minimum atomic E-state index is -1.95. The SMILES string of the molecule is COc1cc2ncnc(NC3CCC(NS(=O)O)CC3)c2cc1OC. The number of hydrogen-bond acceptors (Lipinski definition) is 6. The van der Waals surface area contributed by atoms with E-state index in [1.807, 2.05) is 12.1 Å². The number of rotatable bonds is 6. The van der Waals surface area contributed by atoms with Crippen LogP contribution in [0.2, 0.25) is 0 Å². The van der Waals surface area contributed by atoms with Gasteiger partial charge in [0.2, 0.25) is 11.3 Å². The van der Waals surface area contributed by atoms with E-state index in [-0.39, 0.29) is 12.1 Å². The van der Waals surface area contributed by atoms with E-state index in [2.05, 4.69) is 20.0 Å². The second-order valence-corrected chi connectivity index (χ2v) is 6.74. The molecule has 1 aromatic carbocycles. The van der Waals surface area contributed by atoms with Crippen LogP contribution < -0.4 is 19.5 Å². The van der Waals surface area contributed by atoms with Crippen LogP contribution >= 0.6 is 0 Å². The zero-order valence-corrected chi connectivity index (χ0v) is 15.0. The second kappa shape index (κ2) is 7.94. The lowest BCUT2D eigenvalue weighted by molar-refractivity contribution is 0.355. The predicted molar refractivity (Wildman–Crippen MR) is 96.2 cm³/mol. The molecule has 1 aliphatic carbocycles. The van der Waals surface area contributed by atoms with Crippen molar-refractivity contribution in [3.8, 4) is 11.5 Å². The van der Waals surface area contributed by atoms with Gasteiger partial charge in [0.05, 0.1) is 19.7 Å². The lowest BCUT2D eigenvalue weighted by Gasteiger charge is -2.29. The maximum Gasteiger partial charge on any atom is 0.231 e. The van der Waals surface area contributed by atoms with Gasteiger partial charge in [0, 0.05) is 23.5 Å². The molecule has 1 atom stereocenters. The third-order valence-electron chi connectivity index (χ3n) is 4.48. The first kappa shape index (κ1) is 17.8. The first-order chi connectivity index (χ1) is 12.1. The first-order valence-corrected chi connectivity index (χ1v) is 9.21. The van der Waals surface area contributed by atoms with Gasteiger partial charge in [-0.25, -0.2) is 18.9 Å². The molecule has 1 aromatic heterocycles. The van der Waals surface area contributed by atoms with Crippen LogP contribution in [0.15, 0.2) is 18.5 Å². The molecule has 0 spiro atoms. The van der Waals surface area contributed by atoms with Gasteiger partial charge >= 0.3 is 0 Å². The van der Waals surface area contributed by atoms with Crippen molar-refractivity contribution < 1.29 is 18.2 Å². The molecule has 1 unspecified atom stereocenters. The summed E-state index contributed by atoms with van der Waals surface area (Å²) in [6, 6.07) is 4.04. The standard InChI is InChI=1S/C16H22N4O4S/c1-23-14-7-12-13(8-15(14)24-2)17-9-18-16(12)19-10-3-5-11(6-4-10)20-25(21)22/h7-11,20H,3-6H2,1-2H3,(H,21,22)(H,17,18,19). The average molecular weight is 366 g/mol. The van der Waals surface area contributed by atoms with E-state index in [0.717, 1.165) is 42.4 Å². The predicted octanol–water partition coefficient (Wildman–Crippen LogP) is 2.10. The minimum absolute atomic E-state index is 0.0791. The molecule has 3 rings (SSSR count). The van der Waals surface area contributed by atoms with Crippen molar-refractivity contribution in [3.05, 3.63) is 18.5 Å². The lowest BCUT2D eigenvalue weighted by atomic mass is 9.92. The molecule has 9 heteroatoms. The van der Waals surface area contributed by atoms with Gasteiger partial charge in [0.1, 0.15) is 12.1 Å². The highest BCUT2D eigenvalue weighted by Gasteiger charge is 2.23. The molecule has 0 radical (unpaired) electrons. The molecule has 0 saturated heterocycles. The van der Waals surface area contributed by atoms with Crippen LogP contribution in [0.5, 0.6) is 11.5 Å². The zero-order valence-electron chi connectivity index (χ0n) is 14.2. The summed E-state index contributed by atoms with van der Waals surface area (Å²) in [5.41, 5.74) is 0.779. The first-order valence-electron chi connectivity index (χ1n) is 8.11. The number of methoxy groups -OCH3 is 2. The molecule has 1 fully saturated rings. The van der Waals surface area contributed by atoms with Crippen LogP contribution in [0.4, 0.5) is 5.82 Å². The Balaban J connectivity index is 1.77. The highest BCUT2D eigenvalue weighted by molar-refractivity contribution is 7.77. The molecule has 1 saturated carbocycles. The van der Waals surface area contributed by atoms with Gasteiger partial charge in [-0.1, -0.05) is 0 Å². The minimum Gasteiger partial charge on any atom is -0.493 e. The third-order valence-corrected chi connectivity index (χ3v) is 5.01. The van der Waals surface area contributed by atoms with Crippen LogP contribution in [0, 0.1) is 0 Å². The largest absolute Gasteiger partial charge is 0.493 e. The number of anilines is 1. The highest BCUT2D eigenvalue weighted by Crippen LogP contribution is 2.34. The smallest absolute Gasteiger partial charge is 0.231 e. The van der Waals surface area contributed by atoms with E-state index in [1.165, 1.54) is 6.33 Å². The molecule has 1 heterocycles. The molecule has 8 nitrogen and oxygen atoms in total. The van der Waals surface area contributed by atoms with E-state index < -0.39 is 11.3 Å². The van der Waals surface area contributed by atoms with Crippen molar-refractivity contribution in [2.24, 2.45) is 0 Å². The Morgan fingerprint density at radius 1 is 1.08 bits per heavy atom. The fourth-order valence-electron chi connectivity index (χ4n) is 3.19. The summed E-state index contributed by atoms with van der Waals surface area (Å²) >= 11 is -1.95. The summed E-state index contributed by atoms with van der Waals surface area (Å²) in [6.07, 6.45) is 4.99. The van der Waals surface area contributed by atoms with Crippen molar-refractivity contribution in [1.82, 2.24) is 14.7 Å². The number of hydrogen-bond donors (Lipinski definition) is 3. The van der Waals surface area contributed by atoms with Crippen molar-refractivity contribution in [2.45, 2.75) is 37.8 Å². The number of benzene rings is 1. The lowest BCUT2D eigenvalue weighted by Crippen LogP contribution is -2.37. The molecule has 0 amide bonds. The van der Waals surface area contributed by atoms with Gasteiger partial charge in [-0.3, -0.25) is 4.55 Å². The van der Waals surface area contributed by atoms with Gasteiger partial charge in [-0.05, 0) is 31.7 Å². The Bertz CT molecular complexity index is 765. The molecule has 0 aliphatic heterocycles. The summed E-state index contributed by atoms with van der Waals surface area (Å²) in [5.74, 6) is 2.02. The Labute approximate surface area is 148 Å². The normalized spacial score (nSPS) is 21.7. The van der Waals surface area contributed by atoms with Gasteiger partial charge in [-0.15, -0.1) is 0 Å². The molecular formula is C16H22N4O4S. The number of nitrogens with zero attached hydrogens (tertiary/aromatic N) is 2. The fourth-order valence-corrected chi connectivity index (χ4v) is 3.71. The topological polar surface area (TPSA) is 106 Å². The van der Waals surface area contributed by atoms with Crippen LogP contribution in [-0.2, 0) is 11.3 Å². The maximum atomic E-state index is 10.8. The number of fused-ring (bicyclic) bond motifs is 1.